The number of imide groups is 1. The molecule has 0 atom stereocenters. The Morgan fingerprint density at radius 2 is 1.96 bits per heavy atom. The molecule has 1 fully saturated rings. The summed E-state index contributed by atoms with van der Waals surface area (Å²) in [6.45, 7) is 3.73. The standard InChI is InChI=1S/C20H18BrFN2O3/c1-12(2)27-18-8-7-13(9-15(18)21)10-17-19(25)24(20(26)23-17)11-14-5-3-4-6-16(14)22/h3-10,12H,11H2,1-2H3,(H,23,26)/b17-10+. The van der Waals surface area contributed by atoms with Gasteiger partial charge < -0.3 is 10.1 Å². The fourth-order valence-electron chi connectivity index (χ4n) is 2.64. The van der Waals surface area contributed by atoms with Crippen LogP contribution in [0.4, 0.5) is 9.18 Å². The predicted octanol–water partition coefficient (Wildman–Crippen LogP) is 4.47. The van der Waals surface area contributed by atoms with Crippen LogP contribution in [-0.2, 0) is 11.3 Å². The maximum atomic E-state index is 13.8. The van der Waals surface area contributed by atoms with E-state index in [-0.39, 0.29) is 23.9 Å². The van der Waals surface area contributed by atoms with Gasteiger partial charge in [0.2, 0.25) is 0 Å². The fourth-order valence-corrected chi connectivity index (χ4v) is 3.13. The van der Waals surface area contributed by atoms with E-state index < -0.39 is 17.8 Å². The number of nitrogens with zero attached hydrogens (tertiary/aromatic N) is 1. The first kappa shape index (κ1) is 19.1. The van der Waals surface area contributed by atoms with Crippen molar-refractivity contribution in [1.29, 1.82) is 0 Å². The Hall–Kier alpha value is -2.67. The van der Waals surface area contributed by atoms with Crippen LogP contribution < -0.4 is 10.1 Å². The predicted molar refractivity (Wildman–Crippen MR) is 103 cm³/mol. The van der Waals surface area contributed by atoms with E-state index in [9.17, 15) is 14.0 Å². The summed E-state index contributed by atoms with van der Waals surface area (Å²) in [5, 5.41) is 2.54. The quantitative estimate of drug-likeness (QED) is 0.559. The molecule has 0 saturated carbocycles. The summed E-state index contributed by atoms with van der Waals surface area (Å²) in [4.78, 5) is 25.7. The molecule has 1 saturated heterocycles. The van der Waals surface area contributed by atoms with Crippen molar-refractivity contribution in [3.63, 3.8) is 0 Å². The van der Waals surface area contributed by atoms with Crippen molar-refractivity contribution in [3.8, 4) is 5.75 Å². The van der Waals surface area contributed by atoms with E-state index in [4.69, 9.17) is 4.74 Å². The van der Waals surface area contributed by atoms with Crippen LogP contribution in [-0.4, -0.2) is 22.9 Å². The number of nitrogens with one attached hydrogen (secondary N) is 1. The molecule has 5 nitrogen and oxygen atoms in total. The Morgan fingerprint density at radius 1 is 1.22 bits per heavy atom. The first-order valence-corrected chi connectivity index (χ1v) is 9.18. The number of amides is 3. The minimum absolute atomic E-state index is 0.0353. The van der Waals surface area contributed by atoms with E-state index in [1.54, 1.807) is 42.5 Å². The second-order valence-corrected chi connectivity index (χ2v) is 7.18. The van der Waals surface area contributed by atoms with Gasteiger partial charge in [0.25, 0.3) is 5.91 Å². The first-order valence-electron chi connectivity index (χ1n) is 8.39. The van der Waals surface area contributed by atoms with Gasteiger partial charge in [0.1, 0.15) is 17.3 Å². The van der Waals surface area contributed by atoms with Gasteiger partial charge in [-0.1, -0.05) is 24.3 Å². The highest BCUT2D eigenvalue weighted by molar-refractivity contribution is 9.10. The average Bonchev–Trinajstić information content (AvgIpc) is 2.86. The van der Waals surface area contributed by atoms with Gasteiger partial charge in [0, 0.05) is 5.56 Å². The number of rotatable bonds is 5. The third-order valence-corrected chi connectivity index (χ3v) is 4.50. The number of halogens is 2. The van der Waals surface area contributed by atoms with Gasteiger partial charge in [0.15, 0.2) is 0 Å². The topological polar surface area (TPSA) is 58.6 Å². The van der Waals surface area contributed by atoms with Gasteiger partial charge >= 0.3 is 6.03 Å². The molecule has 2 aromatic carbocycles. The van der Waals surface area contributed by atoms with Crippen LogP contribution in [0.5, 0.6) is 5.75 Å². The molecule has 3 amide bonds. The molecule has 0 spiro atoms. The second-order valence-electron chi connectivity index (χ2n) is 6.33. The molecule has 1 aliphatic rings. The van der Waals surface area contributed by atoms with Crippen LogP contribution in [0.15, 0.2) is 52.6 Å². The van der Waals surface area contributed by atoms with Crippen molar-refractivity contribution >= 4 is 33.9 Å². The lowest BCUT2D eigenvalue weighted by Crippen LogP contribution is -2.30. The van der Waals surface area contributed by atoms with Crippen LogP contribution in [0.2, 0.25) is 0 Å². The summed E-state index contributed by atoms with van der Waals surface area (Å²) < 4.78 is 20.2. The molecule has 0 unspecified atom stereocenters. The van der Waals surface area contributed by atoms with Gasteiger partial charge in [0.05, 0.1) is 17.1 Å². The average molecular weight is 433 g/mol. The number of hydrogen-bond donors (Lipinski definition) is 1. The van der Waals surface area contributed by atoms with E-state index in [0.29, 0.717) is 5.75 Å². The molecule has 27 heavy (non-hydrogen) atoms. The van der Waals surface area contributed by atoms with E-state index in [2.05, 4.69) is 21.2 Å². The zero-order valence-electron chi connectivity index (χ0n) is 14.8. The van der Waals surface area contributed by atoms with Crippen molar-refractivity contribution in [3.05, 3.63) is 69.6 Å². The van der Waals surface area contributed by atoms with Crippen LogP contribution in [0.3, 0.4) is 0 Å². The molecular formula is C20H18BrFN2O3. The first-order chi connectivity index (χ1) is 12.8. The minimum Gasteiger partial charge on any atom is -0.490 e. The summed E-state index contributed by atoms with van der Waals surface area (Å²) in [6.07, 6.45) is 1.61. The largest absolute Gasteiger partial charge is 0.490 e. The van der Waals surface area contributed by atoms with Gasteiger partial charge in [-0.25, -0.2) is 9.18 Å². The Kier molecular flexibility index (Phi) is 5.60. The monoisotopic (exact) mass is 432 g/mol. The van der Waals surface area contributed by atoms with E-state index in [0.717, 1.165) is 14.9 Å². The zero-order valence-corrected chi connectivity index (χ0v) is 16.4. The third-order valence-electron chi connectivity index (χ3n) is 3.88. The van der Waals surface area contributed by atoms with Crippen LogP contribution in [0.25, 0.3) is 6.08 Å². The molecule has 2 aromatic rings. The molecule has 0 bridgehead atoms. The Bertz CT molecular complexity index is 927. The van der Waals surface area contributed by atoms with Crippen LogP contribution in [0.1, 0.15) is 25.0 Å². The third kappa shape index (κ3) is 4.36. The Morgan fingerprint density at radius 3 is 2.63 bits per heavy atom. The van der Waals surface area contributed by atoms with Crippen molar-refractivity contribution in [2.45, 2.75) is 26.5 Å². The summed E-state index contributed by atoms with van der Waals surface area (Å²) in [5.74, 6) is -0.266. The Balaban J connectivity index is 1.80. The fraction of sp³-hybridized carbons (Fsp3) is 0.200. The van der Waals surface area contributed by atoms with E-state index in [1.807, 2.05) is 13.8 Å². The molecule has 7 heteroatoms. The molecule has 1 heterocycles. The summed E-state index contributed by atoms with van der Waals surface area (Å²) in [5.41, 5.74) is 1.13. The molecule has 1 aliphatic heterocycles. The molecule has 0 aliphatic carbocycles. The minimum atomic E-state index is -0.576. The molecule has 0 radical (unpaired) electrons. The number of carbonyl (C=O) groups is 2. The number of carbonyl (C=O) groups excluding carboxylic acids is 2. The van der Waals surface area contributed by atoms with Gasteiger partial charge in [-0.05, 0) is 59.6 Å². The van der Waals surface area contributed by atoms with Crippen molar-refractivity contribution in [2.75, 3.05) is 0 Å². The molecule has 1 N–H and O–H groups in total. The lowest BCUT2D eigenvalue weighted by Gasteiger charge is -2.12. The molecule has 140 valence electrons. The Labute approximate surface area is 164 Å². The summed E-state index contributed by atoms with van der Waals surface area (Å²) in [7, 11) is 0. The summed E-state index contributed by atoms with van der Waals surface area (Å²) in [6, 6.07) is 10.8. The molecule has 0 aromatic heterocycles. The SMILES string of the molecule is CC(C)Oc1ccc(/C=C2/NC(=O)N(Cc3ccccc3F)C2=O)cc1Br. The smallest absolute Gasteiger partial charge is 0.329 e. The van der Waals surface area contributed by atoms with E-state index in [1.165, 1.54) is 6.07 Å². The lowest BCUT2D eigenvalue weighted by molar-refractivity contribution is -0.123. The maximum absolute atomic E-state index is 13.8. The normalized spacial score (nSPS) is 15.6. The zero-order chi connectivity index (χ0) is 19.6. The van der Waals surface area contributed by atoms with Crippen molar-refractivity contribution in [2.24, 2.45) is 0 Å². The van der Waals surface area contributed by atoms with Crippen molar-refractivity contribution < 1.29 is 18.7 Å². The highest BCUT2D eigenvalue weighted by atomic mass is 79.9. The second kappa shape index (κ2) is 7.92. The van der Waals surface area contributed by atoms with Crippen LogP contribution in [0, 0.1) is 5.82 Å². The molecular weight excluding hydrogens is 415 g/mol. The number of urea groups is 1. The lowest BCUT2D eigenvalue weighted by atomic mass is 10.1. The highest BCUT2D eigenvalue weighted by Gasteiger charge is 2.33. The highest BCUT2D eigenvalue weighted by Crippen LogP contribution is 2.28. The van der Waals surface area contributed by atoms with Gasteiger partial charge in [-0.2, -0.15) is 0 Å². The number of benzene rings is 2. The molecule has 3 rings (SSSR count). The number of ether oxygens (including phenoxy) is 1. The summed E-state index contributed by atoms with van der Waals surface area (Å²) >= 11 is 3.44. The van der Waals surface area contributed by atoms with Crippen LogP contribution >= 0.6 is 15.9 Å². The van der Waals surface area contributed by atoms with Crippen molar-refractivity contribution in [1.82, 2.24) is 10.2 Å². The van der Waals surface area contributed by atoms with Gasteiger partial charge in [-0.15, -0.1) is 0 Å². The van der Waals surface area contributed by atoms with E-state index >= 15 is 0 Å². The number of hydrogen-bond acceptors (Lipinski definition) is 3. The maximum Gasteiger partial charge on any atom is 0.329 e. The van der Waals surface area contributed by atoms with Gasteiger partial charge in [-0.3, -0.25) is 9.69 Å².